The van der Waals surface area contributed by atoms with Crippen LogP contribution in [-0.4, -0.2) is 26.0 Å². The minimum absolute atomic E-state index is 0.112. The highest BCUT2D eigenvalue weighted by Gasteiger charge is 2.33. The van der Waals surface area contributed by atoms with E-state index in [0.717, 1.165) is 5.56 Å². The van der Waals surface area contributed by atoms with Gasteiger partial charge < -0.3 is 15.3 Å². The molecule has 0 saturated carbocycles. The molecule has 3 aromatic rings. The summed E-state index contributed by atoms with van der Waals surface area (Å²) in [4.78, 5) is 17.2. The third-order valence-electron chi connectivity index (χ3n) is 3.93. The molecule has 0 amide bonds. The minimum atomic E-state index is -0.468. The lowest BCUT2D eigenvalue weighted by Crippen LogP contribution is -2.18. The normalized spacial score (nSPS) is 16.4. The zero-order valence-corrected chi connectivity index (χ0v) is 14.0. The number of benzene rings is 1. The molecule has 3 N–H and O–H groups in total. The third kappa shape index (κ3) is 2.51. The van der Waals surface area contributed by atoms with E-state index in [2.05, 4.69) is 10.1 Å². The Bertz CT molecular complexity index is 991. The van der Waals surface area contributed by atoms with Gasteiger partial charge in [0.25, 0.3) is 5.91 Å². The zero-order valence-electron chi connectivity index (χ0n) is 13.2. The van der Waals surface area contributed by atoms with E-state index in [1.165, 1.54) is 28.6 Å². The topological polar surface area (TPSA) is 107 Å². The predicted octanol–water partition coefficient (Wildman–Crippen LogP) is 2.96. The Morgan fingerprint density at radius 1 is 1.32 bits per heavy atom. The molecule has 0 radical (unpaired) electrons. The molecular formula is C17H14N4O3S. The van der Waals surface area contributed by atoms with Crippen molar-refractivity contribution in [3.63, 3.8) is 0 Å². The molecule has 126 valence electrons. The molecule has 1 atom stereocenters. The van der Waals surface area contributed by atoms with Crippen molar-refractivity contribution in [1.29, 1.82) is 0 Å². The molecule has 3 heterocycles. The summed E-state index contributed by atoms with van der Waals surface area (Å²) in [5.74, 6) is 0.494. The molecule has 0 unspecified atom stereocenters. The van der Waals surface area contributed by atoms with Gasteiger partial charge in [-0.05, 0) is 31.2 Å². The molecule has 0 aliphatic carbocycles. The van der Waals surface area contributed by atoms with E-state index in [9.17, 15) is 9.90 Å². The van der Waals surface area contributed by atoms with Crippen LogP contribution >= 0.6 is 11.8 Å². The molecule has 7 nitrogen and oxygen atoms in total. The number of furan rings is 1. The van der Waals surface area contributed by atoms with Crippen molar-refractivity contribution in [2.75, 3.05) is 0 Å². The van der Waals surface area contributed by atoms with Gasteiger partial charge in [-0.3, -0.25) is 4.79 Å². The fourth-order valence-corrected chi connectivity index (χ4v) is 3.83. The first kappa shape index (κ1) is 15.5. The Labute approximate surface area is 147 Å². The number of carbonyl (C=O) groups is 1. The largest absolute Gasteiger partial charge is 0.507 e. The van der Waals surface area contributed by atoms with Crippen LogP contribution in [0.25, 0.3) is 0 Å². The van der Waals surface area contributed by atoms with Gasteiger partial charge in [-0.1, -0.05) is 23.9 Å². The number of aryl methyl sites for hydroxylation is 1. The predicted molar refractivity (Wildman–Crippen MR) is 94.2 cm³/mol. The van der Waals surface area contributed by atoms with Crippen molar-refractivity contribution in [2.45, 2.75) is 12.2 Å². The van der Waals surface area contributed by atoms with Gasteiger partial charge in [0.1, 0.15) is 16.8 Å². The average molecular weight is 354 g/mol. The fraction of sp³-hybridized carbons (Fsp3) is 0.118. The number of hydrogen-bond donors (Lipinski definition) is 2. The molecule has 8 heteroatoms. The van der Waals surface area contributed by atoms with Crippen LogP contribution in [0.4, 0.5) is 5.82 Å². The maximum atomic E-state index is 12.9. The lowest BCUT2D eigenvalue weighted by atomic mass is 10.1. The highest BCUT2D eigenvalue weighted by atomic mass is 32.2. The Morgan fingerprint density at radius 3 is 2.84 bits per heavy atom. The summed E-state index contributed by atoms with van der Waals surface area (Å²) in [5.41, 5.74) is 7.54. The van der Waals surface area contributed by atoms with Crippen molar-refractivity contribution in [2.24, 2.45) is 10.7 Å². The second-order valence-corrected chi connectivity index (χ2v) is 6.65. The molecule has 25 heavy (non-hydrogen) atoms. The molecule has 0 spiro atoms. The maximum Gasteiger partial charge on any atom is 0.283 e. The van der Waals surface area contributed by atoms with E-state index in [-0.39, 0.29) is 16.6 Å². The number of nitrogens with zero attached hydrogens (tertiary/aromatic N) is 3. The maximum absolute atomic E-state index is 12.9. The highest BCUT2D eigenvalue weighted by molar-refractivity contribution is 8.14. The zero-order chi connectivity index (χ0) is 17.6. The number of carbonyl (C=O) groups excluding carboxylic acids is 1. The Morgan fingerprint density at radius 2 is 2.12 bits per heavy atom. The summed E-state index contributed by atoms with van der Waals surface area (Å²) in [6.45, 7) is 1.81. The first-order valence-corrected chi connectivity index (χ1v) is 8.40. The summed E-state index contributed by atoms with van der Waals surface area (Å²) >= 11 is 1.34. The van der Waals surface area contributed by atoms with Crippen molar-refractivity contribution >= 4 is 28.7 Å². The van der Waals surface area contributed by atoms with Crippen LogP contribution < -0.4 is 5.73 Å². The smallest absolute Gasteiger partial charge is 0.283 e. The van der Waals surface area contributed by atoms with Gasteiger partial charge in [0.05, 0.1) is 17.5 Å². The van der Waals surface area contributed by atoms with Crippen molar-refractivity contribution in [3.8, 4) is 5.75 Å². The second kappa shape index (κ2) is 5.82. The third-order valence-corrected chi connectivity index (χ3v) is 4.96. The number of aromatic hydroxyl groups is 1. The number of fused-ring (bicyclic) bond motifs is 1. The molecule has 1 aliphatic heterocycles. The van der Waals surface area contributed by atoms with E-state index in [1.807, 2.05) is 6.07 Å². The quantitative estimate of drug-likeness (QED) is 0.733. The second-order valence-electron chi connectivity index (χ2n) is 5.52. The molecule has 2 aromatic heterocycles. The number of phenolic OH excluding ortho intramolecular Hbond substituents is 1. The summed E-state index contributed by atoms with van der Waals surface area (Å²) in [6.07, 6.45) is 1.59. The van der Waals surface area contributed by atoms with Crippen molar-refractivity contribution in [3.05, 3.63) is 65.2 Å². The van der Waals surface area contributed by atoms with E-state index < -0.39 is 5.91 Å². The number of aliphatic imine (C=N–C) groups is 1. The standard InChI is InChI=1S/C17H14N4O3S/c1-9-13-14(12-7-4-8-24-12)25-17(18)19-15(13)21(20-9)16(23)10-5-2-3-6-11(10)22/h2-8,14,22H,1H3,(H2,18,19)/t14-/m1/s1. The molecular weight excluding hydrogens is 340 g/mol. The molecule has 0 bridgehead atoms. The number of amidine groups is 1. The summed E-state index contributed by atoms with van der Waals surface area (Å²) < 4.78 is 6.70. The van der Waals surface area contributed by atoms with Gasteiger partial charge >= 0.3 is 0 Å². The van der Waals surface area contributed by atoms with E-state index >= 15 is 0 Å². The van der Waals surface area contributed by atoms with Crippen LogP contribution in [-0.2, 0) is 0 Å². The van der Waals surface area contributed by atoms with Gasteiger partial charge in [-0.25, -0.2) is 4.99 Å². The van der Waals surface area contributed by atoms with Gasteiger partial charge in [-0.2, -0.15) is 9.78 Å². The highest BCUT2D eigenvalue weighted by Crippen LogP contribution is 2.46. The molecule has 0 saturated heterocycles. The summed E-state index contributed by atoms with van der Waals surface area (Å²) in [5, 5.41) is 14.4. The monoisotopic (exact) mass is 354 g/mol. The Kier molecular flexibility index (Phi) is 3.61. The van der Waals surface area contributed by atoms with Crippen LogP contribution in [0, 0.1) is 6.92 Å². The van der Waals surface area contributed by atoms with Crippen LogP contribution in [0.5, 0.6) is 5.75 Å². The van der Waals surface area contributed by atoms with Crippen molar-refractivity contribution < 1.29 is 14.3 Å². The molecule has 4 rings (SSSR count). The van der Waals surface area contributed by atoms with Gasteiger partial charge in [0, 0.05) is 5.56 Å². The minimum Gasteiger partial charge on any atom is -0.507 e. The van der Waals surface area contributed by atoms with Crippen LogP contribution in [0.2, 0.25) is 0 Å². The molecule has 1 aliphatic rings. The van der Waals surface area contributed by atoms with Gasteiger partial charge in [0.15, 0.2) is 11.0 Å². The molecule has 1 aromatic carbocycles. The summed E-state index contributed by atoms with van der Waals surface area (Å²) in [6, 6.07) is 9.96. The van der Waals surface area contributed by atoms with Crippen molar-refractivity contribution in [1.82, 2.24) is 9.78 Å². The average Bonchev–Trinajstić information content (AvgIpc) is 3.23. The Hall–Kier alpha value is -3.00. The number of phenols is 1. The van der Waals surface area contributed by atoms with Gasteiger partial charge in [-0.15, -0.1) is 0 Å². The number of hydrogen-bond acceptors (Lipinski definition) is 7. The molecule has 0 fully saturated rings. The van der Waals surface area contributed by atoms with Gasteiger partial charge in [0.2, 0.25) is 0 Å². The number of thioether (sulfide) groups is 1. The van der Waals surface area contributed by atoms with Crippen LogP contribution in [0.15, 0.2) is 52.1 Å². The van der Waals surface area contributed by atoms with E-state index in [4.69, 9.17) is 10.2 Å². The van der Waals surface area contributed by atoms with E-state index in [1.54, 1.807) is 31.4 Å². The van der Waals surface area contributed by atoms with Crippen LogP contribution in [0.1, 0.15) is 32.6 Å². The number of nitrogens with two attached hydrogens (primary N) is 1. The van der Waals surface area contributed by atoms with E-state index in [0.29, 0.717) is 22.4 Å². The number of aromatic nitrogens is 2. The fourth-order valence-electron chi connectivity index (χ4n) is 2.80. The SMILES string of the molecule is Cc1nn(C(=O)c2ccccc2O)c2c1[C@@H](c1ccco1)SC(N)=N2. The lowest BCUT2D eigenvalue weighted by Gasteiger charge is -2.19. The lowest BCUT2D eigenvalue weighted by molar-refractivity contribution is 0.0944. The summed E-state index contributed by atoms with van der Waals surface area (Å²) in [7, 11) is 0. The number of para-hydroxylation sites is 1. The first-order chi connectivity index (χ1) is 12.1. The first-order valence-electron chi connectivity index (χ1n) is 7.52. The number of rotatable bonds is 2. The Balaban J connectivity index is 1.87. The van der Waals surface area contributed by atoms with Crippen LogP contribution in [0.3, 0.4) is 0 Å².